The second kappa shape index (κ2) is 7.06. The number of nitrogens with zero attached hydrogens (tertiary/aromatic N) is 2. The smallest absolute Gasteiger partial charge is 0.489 e. The van der Waals surface area contributed by atoms with Gasteiger partial charge in [0.25, 0.3) is 0 Å². The van der Waals surface area contributed by atoms with Crippen molar-refractivity contribution in [1.29, 1.82) is 5.26 Å². The molecule has 2 saturated heterocycles. The van der Waals surface area contributed by atoms with E-state index in [1.165, 1.54) is 4.90 Å². The van der Waals surface area contributed by atoms with Crippen LogP contribution in [0.4, 0.5) is 4.79 Å². The summed E-state index contributed by atoms with van der Waals surface area (Å²) in [5.41, 5.74) is 0.302. The van der Waals surface area contributed by atoms with Crippen LogP contribution in [0.3, 0.4) is 0 Å². The monoisotopic (exact) mass is 372 g/mol. The summed E-state index contributed by atoms with van der Waals surface area (Å²) in [6.07, 6.45) is 0.208. The summed E-state index contributed by atoms with van der Waals surface area (Å²) in [4.78, 5) is 12.4. The Kier molecular flexibility index (Phi) is 5.11. The summed E-state index contributed by atoms with van der Waals surface area (Å²) in [6.45, 7) is 8.82. The molecule has 1 aromatic carbocycles. The maximum atomic E-state index is 11.0. The van der Waals surface area contributed by atoms with Gasteiger partial charge >= 0.3 is 13.2 Å². The van der Waals surface area contributed by atoms with Gasteiger partial charge in [0.15, 0.2) is 0 Å². The number of rotatable bonds is 3. The standard InChI is InChI=1S/C19H25BN2O5/c1-18(2)19(3,4)27-20(26-18)14-5-6-16(13(11-14)12-21)25-15-7-9-22(10-8-15)17(23)24/h5-6,11,15H,7-10H2,1-4H3,(H,23,24). The van der Waals surface area contributed by atoms with Crippen molar-refractivity contribution in [3.8, 4) is 11.8 Å². The lowest BCUT2D eigenvalue weighted by molar-refractivity contribution is 0.00578. The molecular formula is C19H25BN2O5. The zero-order chi connectivity index (χ0) is 19.8. The van der Waals surface area contributed by atoms with E-state index < -0.39 is 24.4 Å². The summed E-state index contributed by atoms with van der Waals surface area (Å²) in [7, 11) is -0.532. The van der Waals surface area contributed by atoms with E-state index >= 15 is 0 Å². The van der Waals surface area contributed by atoms with E-state index in [0.717, 1.165) is 5.46 Å². The van der Waals surface area contributed by atoms with E-state index in [4.69, 9.17) is 19.2 Å². The van der Waals surface area contributed by atoms with Gasteiger partial charge < -0.3 is 24.1 Å². The SMILES string of the molecule is CC1(C)OB(c2ccc(OC3CCN(C(=O)O)CC3)c(C#N)c2)OC1(C)C. The van der Waals surface area contributed by atoms with E-state index in [9.17, 15) is 10.1 Å². The van der Waals surface area contributed by atoms with Gasteiger partial charge in [-0.1, -0.05) is 6.07 Å². The van der Waals surface area contributed by atoms with Crippen LogP contribution in [0.15, 0.2) is 18.2 Å². The normalized spacial score (nSPS) is 21.7. The van der Waals surface area contributed by atoms with E-state index in [0.29, 0.717) is 37.2 Å². The van der Waals surface area contributed by atoms with Crippen LogP contribution in [0.2, 0.25) is 0 Å². The van der Waals surface area contributed by atoms with Gasteiger partial charge in [-0.05, 0) is 45.3 Å². The van der Waals surface area contributed by atoms with E-state index in [1.54, 1.807) is 12.1 Å². The lowest BCUT2D eigenvalue weighted by atomic mass is 9.78. The molecule has 2 aliphatic heterocycles. The van der Waals surface area contributed by atoms with E-state index in [1.807, 2.05) is 33.8 Å². The molecule has 0 aliphatic carbocycles. The van der Waals surface area contributed by atoms with Crippen LogP contribution in [-0.4, -0.2) is 53.6 Å². The minimum atomic E-state index is -0.905. The predicted molar refractivity (Wildman–Crippen MR) is 100 cm³/mol. The maximum absolute atomic E-state index is 11.0. The van der Waals surface area contributed by atoms with Gasteiger partial charge in [-0.15, -0.1) is 0 Å². The minimum absolute atomic E-state index is 0.101. The lowest BCUT2D eigenvalue weighted by Gasteiger charge is -2.32. The van der Waals surface area contributed by atoms with Crippen LogP contribution in [-0.2, 0) is 9.31 Å². The van der Waals surface area contributed by atoms with E-state index in [2.05, 4.69) is 6.07 Å². The first kappa shape index (κ1) is 19.5. The molecule has 2 aliphatic rings. The molecule has 27 heavy (non-hydrogen) atoms. The first-order valence-electron chi connectivity index (χ1n) is 9.17. The molecule has 0 spiro atoms. The topological polar surface area (TPSA) is 92.0 Å². The zero-order valence-electron chi connectivity index (χ0n) is 16.2. The molecule has 3 rings (SSSR count). The molecule has 0 saturated carbocycles. The van der Waals surface area contributed by atoms with Crippen molar-refractivity contribution < 1.29 is 23.9 Å². The third-order valence-electron chi connectivity index (χ3n) is 5.66. The van der Waals surface area contributed by atoms with Gasteiger partial charge in [0.1, 0.15) is 17.9 Å². The third kappa shape index (κ3) is 3.89. The lowest BCUT2D eigenvalue weighted by Crippen LogP contribution is -2.41. The average molecular weight is 372 g/mol. The highest BCUT2D eigenvalue weighted by atomic mass is 16.7. The molecule has 7 nitrogen and oxygen atoms in total. The fourth-order valence-electron chi connectivity index (χ4n) is 3.21. The number of likely N-dealkylation sites (tertiary alicyclic amines) is 1. The second-order valence-electron chi connectivity index (χ2n) is 8.04. The number of amides is 1. The van der Waals surface area contributed by atoms with Crippen molar-refractivity contribution in [2.45, 2.75) is 57.8 Å². The van der Waals surface area contributed by atoms with Crippen molar-refractivity contribution in [3.63, 3.8) is 0 Å². The molecule has 2 fully saturated rings. The highest BCUT2D eigenvalue weighted by Gasteiger charge is 2.51. The first-order valence-corrected chi connectivity index (χ1v) is 9.17. The Bertz CT molecular complexity index is 750. The summed E-state index contributed by atoms with van der Waals surface area (Å²) in [5.74, 6) is 0.506. The van der Waals surface area contributed by atoms with Crippen molar-refractivity contribution in [1.82, 2.24) is 4.90 Å². The Morgan fingerprint density at radius 3 is 2.37 bits per heavy atom. The summed E-state index contributed by atoms with van der Waals surface area (Å²) >= 11 is 0. The average Bonchev–Trinajstić information content (AvgIpc) is 2.83. The zero-order valence-corrected chi connectivity index (χ0v) is 16.2. The van der Waals surface area contributed by atoms with Crippen LogP contribution < -0.4 is 10.2 Å². The number of hydrogen-bond acceptors (Lipinski definition) is 5. The van der Waals surface area contributed by atoms with Gasteiger partial charge in [-0.2, -0.15) is 5.26 Å². The molecule has 8 heteroatoms. The fraction of sp³-hybridized carbons (Fsp3) is 0.579. The van der Waals surface area contributed by atoms with Crippen molar-refractivity contribution in [2.24, 2.45) is 0 Å². The summed E-state index contributed by atoms with van der Waals surface area (Å²) in [5, 5.41) is 18.6. The number of ether oxygens (including phenoxy) is 1. The van der Waals surface area contributed by atoms with Gasteiger partial charge in [0.2, 0.25) is 0 Å². The first-order chi connectivity index (χ1) is 12.6. The number of carbonyl (C=O) groups is 1. The highest BCUT2D eigenvalue weighted by molar-refractivity contribution is 6.62. The van der Waals surface area contributed by atoms with Gasteiger partial charge in [-0.3, -0.25) is 0 Å². The summed E-state index contributed by atoms with van der Waals surface area (Å²) < 4.78 is 18.1. The molecule has 0 unspecified atom stereocenters. The quantitative estimate of drug-likeness (QED) is 0.819. The number of piperidine rings is 1. The van der Waals surface area contributed by atoms with Crippen LogP contribution in [0.1, 0.15) is 46.1 Å². The Balaban J connectivity index is 1.71. The number of benzene rings is 1. The summed E-state index contributed by atoms with van der Waals surface area (Å²) in [6, 6.07) is 7.54. The molecule has 0 aromatic heterocycles. The maximum Gasteiger partial charge on any atom is 0.494 e. The van der Waals surface area contributed by atoms with Crippen molar-refractivity contribution >= 4 is 18.7 Å². The highest BCUT2D eigenvalue weighted by Crippen LogP contribution is 2.36. The predicted octanol–water partition coefficient (Wildman–Crippen LogP) is 2.38. The molecule has 1 aromatic rings. The van der Waals surface area contributed by atoms with Crippen molar-refractivity contribution in [3.05, 3.63) is 23.8 Å². The number of hydrogen-bond donors (Lipinski definition) is 1. The fourth-order valence-corrected chi connectivity index (χ4v) is 3.21. The van der Waals surface area contributed by atoms with Gasteiger partial charge in [0, 0.05) is 25.9 Å². The van der Waals surface area contributed by atoms with Crippen LogP contribution in [0.5, 0.6) is 5.75 Å². The number of nitriles is 1. The molecular weight excluding hydrogens is 347 g/mol. The minimum Gasteiger partial charge on any atom is -0.489 e. The van der Waals surface area contributed by atoms with Crippen LogP contribution in [0, 0.1) is 11.3 Å². The number of carboxylic acid groups (broad SMARTS) is 1. The Morgan fingerprint density at radius 1 is 1.26 bits per heavy atom. The molecule has 2 heterocycles. The molecule has 0 bridgehead atoms. The largest absolute Gasteiger partial charge is 0.494 e. The molecule has 0 radical (unpaired) electrons. The Labute approximate surface area is 160 Å². The van der Waals surface area contributed by atoms with Crippen LogP contribution >= 0.6 is 0 Å². The molecule has 1 amide bonds. The second-order valence-corrected chi connectivity index (χ2v) is 8.04. The molecule has 0 atom stereocenters. The van der Waals surface area contributed by atoms with Crippen molar-refractivity contribution in [2.75, 3.05) is 13.1 Å². The Hall–Kier alpha value is -2.24. The molecule has 144 valence electrons. The van der Waals surface area contributed by atoms with Gasteiger partial charge in [0.05, 0.1) is 16.8 Å². The third-order valence-corrected chi connectivity index (χ3v) is 5.66. The van der Waals surface area contributed by atoms with Gasteiger partial charge in [-0.25, -0.2) is 4.79 Å². The Morgan fingerprint density at radius 2 is 1.85 bits per heavy atom. The van der Waals surface area contributed by atoms with Crippen LogP contribution in [0.25, 0.3) is 0 Å². The van der Waals surface area contributed by atoms with E-state index in [-0.39, 0.29) is 6.10 Å². The molecule has 1 N–H and O–H groups in total.